The summed E-state index contributed by atoms with van der Waals surface area (Å²) in [5.74, 6) is 1.39. The molecule has 19 heavy (non-hydrogen) atoms. The molecule has 1 aromatic carbocycles. The average molecular weight is 315 g/mol. The van der Waals surface area contributed by atoms with Gasteiger partial charge in [0.25, 0.3) is 0 Å². The molecule has 0 aliphatic rings. The Labute approximate surface area is 128 Å². The van der Waals surface area contributed by atoms with Crippen LogP contribution >= 0.6 is 35.0 Å². The van der Waals surface area contributed by atoms with Gasteiger partial charge in [0, 0.05) is 17.0 Å². The molecule has 0 N–H and O–H groups in total. The van der Waals surface area contributed by atoms with Crippen molar-refractivity contribution in [2.75, 3.05) is 0 Å². The minimum absolute atomic E-state index is 0.383. The molecule has 0 fully saturated rings. The monoisotopic (exact) mass is 314 g/mol. The summed E-state index contributed by atoms with van der Waals surface area (Å²) in [6, 6.07) is 5.57. The second kappa shape index (κ2) is 5.78. The summed E-state index contributed by atoms with van der Waals surface area (Å²) in [4.78, 5) is 5.62. The minimum Gasteiger partial charge on any atom is -0.326 e. The highest BCUT2D eigenvalue weighted by Crippen LogP contribution is 2.38. The third kappa shape index (κ3) is 3.10. The number of aryl methyl sites for hydroxylation is 1. The highest BCUT2D eigenvalue weighted by Gasteiger charge is 2.17. The van der Waals surface area contributed by atoms with Crippen molar-refractivity contribution in [1.82, 2.24) is 9.55 Å². The van der Waals surface area contributed by atoms with Gasteiger partial charge in [-0.25, -0.2) is 4.98 Å². The molecule has 0 aliphatic carbocycles. The van der Waals surface area contributed by atoms with E-state index >= 15 is 0 Å². The fraction of sp³-hybridized carbons (Fsp3) is 0.357. The molecule has 2 aromatic rings. The van der Waals surface area contributed by atoms with E-state index in [1.807, 2.05) is 26.1 Å². The van der Waals surface area contributed by atoms with Crippen molar-refractivity contribution in [1.29, 1.82) is 0 Å². The highest BCUT2D eigenvalue weighted by atomic mass is 35.5. The lowest BCUT2D eigenvalue weighted by Gasteiger charge is -2.09. The van der Waals surface area contributed by atoms with E-state index in [0.717, 1.165) is 21.4 Å². The van der Waals surface area contributed by atoms with Crippen LogP contribution in [0, 0.1) is 6.92 Å². The van der Waals surface area contributed by atoms with Crippen LogP contribution in [0.3, 0.4) is 0 Å². The Morgan fingerprint density at radius 2 is 1.95 bits per heavy atom. The van der Waals surface area contributed by atoms with Crippen molar-refractivity contribution in [3.05, 3.63) is 39.8 Å². The standard InChI is InChI=1S/C14H16Cl2N2S/c1-8(2)13-14(18(4)9(3)17-13)19-12-6-5-10(15)7-11(12)16/h5-8H,1-4H3. The Hall–Kier alpha value is -0.640. The first-order chi connectivity index (χ1) is 8.90. The Morgan fingerprint density at radius 1 is 1.26 bits per heavy atom. The molecule has 0 aliphatic heterocycles. The number of imidazole rings is 1. The van der Waals surface area contributed by atoms with Crippen LogP contribution in [-0.4, -0.2) is 9.55 Å². The minimum atomic E-state index is 0.383. The van der Waals surface area contributed by atoms with Gasteiger partial charge in [0.15, 0.2) is 0 Å². The molecule has 0 bridgehead atoms. The maximum Gasteiger partial charge on any atom is 0.106 e. The van der Waals surface area contributed by atoms with Crippen LogP contribution in [0.15, 0.2) is 28.1 Å². The highest BCUT2D eigenvalue weighted by molar-refractivity contribution is 7.99. The lowest BCUT2D eigenvalue weighted by Crippen LogP contribution is -1.95. The van der Waals surface area contributed by atoms with Gasteiger partial charge in [-0.3, -0.25) is 0 Å². The van der Waals surface area contributed by atoms with Crippen molar-refractivity contribution in [2.24, 2.45) is 7.05 Å². The van der Waals surface area contributed by atoms with E-state index in [1.54, 1.807) is 17.8 Å². The summed E-state index contributed by atoms with van der Waals surface area (Å²) in [6.45, 7) is 6.31. The maximum absolute atomic E-state index is 6.24. The van der Waals surface area contributed by atoms with Crippen LogP contribution in [0.25, 0.3) is 0 Å². The number of hydrogen-bond donors (Lipinski definition) is 0. The molecule has 0 spiro atoms. The van der Waals surface area contributed by atoms with Gasteiger partial charge in [0.1, 0.15) is 10.9 Å². The Morgan fingerprint density at radius 3 is 2.53 bits per heavy atom. The van der Waals surface area contributed by atoms with E-state index in [0.29, 0.717) is 16.0 Å². The largest absolute Gasteiger partial charge is 0.326 e. The van der Waals surface area contributed by atoms with Gasteiger partial charge in [0.05, 0.1) is 10.7 Å². The van der Waals surface area contributed by atoms with E-state index in [4.69, 9.17) is 23.2 Å². The topological polar surface area (TPSA) is 17.8 Å². The first kappa shape index (κ1) is 14.8. The molecule has 0 saturated heterocycles. The zero-order valence-electron chi connectivity index (χ0n) is 11.4. The summed E-state index contributed by atoms with van der Waals surface area (Å²) in [5.41, 5.74) is 1.11. The number of nitrogens with zero attached hydrogens (tertiary/aromatic N) is 2. The molecule has 1 aromatic heterocycles. The molecule has 2 rings (SSSR count). The van der Waals surface area contributed by atoms with Crippen molar-refractivity contribution >= 4 is 35.0 Å². The van der Waals surface area contributed by atoms with Gasteiger partial charge in [0.2, 0.25) is 0 Å². The lowest BCUT2D eigenvalue weighted by atomic mass is 10.2. The smallest absolute Gasteiger partial charge is 0.106 e. The van der Waals surface area contributed by atoms with E-state index in [1.165, 1.54) is 0 Å². The van der Waals surface area contributed by atoms with Crippen molar-refractivity contribution in [3.63, 3.8) is 0 Å². The second-order valence-corrected chi connectivity index (χ2v) is 6.61. The second-order valence-electron chi connectivity index (χ2n) is 4.74. The van der Waals surface area contributed by atoms with Gasteiger partial charge in [-0.05, 0) is 31.0 Å². The number of hydrogen-bond acceptors (Lipinski definition) is 2. The van der Waals surface area contributed by atoms with E-state index in [9.17, 15) is 0 Å². The predicted octanol–water partition coefficient (Wildman–Crippen LogP) is 5.31. The van der Waals surface area contributed by atoms with Crippen LogP contribution in [0.2, 0.25) is 10.0 Å². The molecule has 1 heterocycles. The van der Waals surface area contributed by atoms with Gasteiger partial charge >= 0.3 is 0 Å². The van der Waals surface area contributed by atoms with Crippen LogP contribution in [0.5, 0.6) is 0 Å². The molecular weight excluding hydrogens is 299 g/mol. The number of aromatic nitrogens is 2. The van der Waals surface area contributed by atoms with Gasteiger partial charge in [-0.1, -0.05) is 48.8 Å². The fourth-order valence-corrected chi connectivity index (χ4v) is 3.45. The molecule has 0 amide bonds. The predicted molar refractivity (Wildman–Crippen MR) is 82.6 cm³/mol. The van der Waals surface area contributed by atoms with Gasteiger partial charge in [-0.2, -0.15) is 0 Å². The first-order valence-corrected chi connectivity index (χ1v) is 7.63. The Bertz CT molecular complexity index is 606. The van der Waals surface area contributed by atoms with E-state index < -0.39 is 0 Å². The van der Waals surface area contributed by atoms with Crippen LogP contribution in [0.4, 0.5) is 0 Å². The normalized spacial score (nSPS) is 11.3. The zero-order chi connectivity index (χ0) is 14.2. The van der Waals surface area contributed by atoms with Crippen molar-refractivity contribution in [3.8, 4) is 0 Å². The van der Waals surface area contributed by atoms with Crippen LogP contribution in [-0.2, 0) is 7.05 Å². The molecule has 2 nitrogen and oxygen atoms in total. The first-order valence-electron chi connectivity index (χ1n) is 6.06. The van der Waals surface area contributed by atoms with Gasteiger partial charge < -0.3 is 4.57 Å². The Balaban J connectivity index is 2.43. The summed E-state index contributed by atoms with van der Waals surface area (Å²) in [6.07, 6.45) is 0. The summed E-state index contributed by atoms with van der Waals surface area (Å²) >= 11 is 13.8. The number of benzene rings is 1. The van der Waals surface area contributed by atoms with Gasteiger partial charge in [-0.15, -0.1) is 0 Å². The lowest BCUT2D eigenvalue weighted by molar-refractivity contribution is 0.754. The Kier molecular flexibility index (Phi) is 4.49. The molecule has 0 unspecified atom stereocenters. The molecular formula is C14H16Cl2N2S. The van der Waals surface area contributed by atoms with Crippen LogP contribution in [0.1, 0.15) is 31.3 Å². The average Bonchev–Trinajstić information content (AvgIpc) is 2.61. The summed E-state index contributed by atoms with van der Waals surface area (Å²) < 4.78 is 2.10. The van der Waals surface area contributed by atoms with Crippen molar-refractivity contribution < 1.29 is 0 Å². The van der Waals surface area contributed by atoms with Crippen molar-refractivity contribution in [2.45, 2.75) is 36.6 Å². The summed E-state index contributed by atoms with van der Waals surface area (Å²) in [7, 11) is 2.03. The third-order valence-corrected chi connectivity index (χ3v) is 4.85. The van der Waals surface area contributed by atoms with Crippen LogP contribution < -0.4 is 0 Å². The SMILES string of the molecule is Cc1nc(C(C)C)c(Sc2ccc(Cl)cc2Cl)n1C. The molecule has 102 valence electrons. The zero-order valence-corrected chi connectivity index (χ0v) is 13.7. The number of halogens is 2. The molecule has 0 saturated carbocycles. The fourth-order valence-electron chi connectivity index (χ4n) is 1.77. The summed E-state index contributed by atoms with van der Waals surface area (Å²) in [5, 5.41) is 2.46. The molecule has 0 atom stereocenters. The molecule has 0 radical (unpaired) electrons. The molecule has 5 heteroatoms. The quantitative estimate of drug-likeness (QED) is 0.764. The third-order valence-electron chi connectivity index (χ3n) is 2.94. The number of rotatable bonds is 3. The maximum atomic E-state index is 6.24. The van der Waals surface area contributed by atoms with E-state index in [-0.39, 0.29) is 0 Å². The van der Waals surface area contributed by atoms with E-state index in [2.05, 4.69) is 23.4 Å².